The summed E-state index contributed by atoms with van der Waals surface area (Å²) in [4.78, 5) is 0. The second-order valence-electron chi connectivity index (χ2n) is 6.08. The molecule has 1 aromatic carbocycles. The molecule has 1 aromatic rings. The molecule has 0 heterocycles. The largest absolute Gasteiger partial charge is 0.484 e. The van der Waals surface area contributed by atoms with Gasteiger partial charge in [0.05, 0.1) is 6.10 Å². The molecule has 4 heteroatoms. The number of benzene rings is 1. The Hall–Kier alpha value is -1.16. The van der Waals surface area contributed by atoms with Crippen molar-refractivity contribution in [2.45, 2.75) is 58.1 Å². The Morgan fingerprint density at radius 1 is 1.30 bits per heavy atom. The van der Waals surface area contributed by atoms with Crippen molar-refractivity contribution < 1.29 is 13.5 Å². The van der Waals surface area contributed by atoms with Crippen molar-refractivity contribution in [2.75, 3.05) is 0 Å². The summed E-state index contributed by atoms with van der Waals surface area (Å²) in [7, 11) is 0. The Bertz CT molecular complexity index is 439. The first-order chi connectivity index (χ1) is 9.45. The van der Waals surface area contributed by atoms with Crippen LogP contribution in [-0.4, -0.2) is 12.1 Å². The summed E-state index contributed by atoms with van der Waals surface area (Å²) in [6.45, 7) is 3.96. The van der Waals surface area contributed by atoms with Gasteiger partial charge in [-0.2, -0.15) is 0 Å². The van der Waals surface area contributed by atoms with Gasteiger partial charge in [0.1, 0.15) is 0 Å². The lowest BCUT2D eigenvalue weighted by Gasteiger charge is -2.27. The molecule has 0 saturated heterocycles. The van der Waals surface area contributed by atoms with Crippen LogP contribution < -0.4 is 10.5 Å². The van der Waals surface area contributed by atoms with Crippen LogP contribution in [0.2, 0.25) is 0 Å². The van der Waals surface area contributed by atoms with Crippen LogP contribution in [0.5, 0.6) is 5.75 Å². The van der Waals surface area contributed by atoms with E-state index >= 15 is 0 Å². The second kappa shape index (κ2) is 6.53. The SMILES string of the molecule is CC(N)Cc1cc(F)c(OC2CCCC(C)C2)c(F)c1. The molecular formula is C16H23F2NO. The van der Waals surface area contributed by atoms with E-state index < -0.39 is 11.6 Å². The number of hydrogen-bond acceptors (Lipinski definition) is 2. The molecule has 0 spiro atoms. The van der Waals surface area contributed by atoms with Crippen molar-refractivity contribution in [1.82, 2.24) is 0 Å². The molecule has 2 N–H and O–H groups in total. The van der Waals surface area contributed by atoms with Crippen molar-refractivity contribution in [3.05, 3.63) is 29.3 Å². The zero-order chi connectivity index (χ0) is 14.7. The molecule has 1 fully saturated rings. The van der Waals surface area contributed by atoms with Crippen LogP contribution in [0, 0.1) is 17.6 Å². The highest BCUT2D eigenvalue weighted by molar-refractivity contribution is 5.32. The zero-order valence-electron chi connectivity index (χ0n) is 12.2. The lowest BCUT2D eigenvalue weighted by Crippen LogP contribution is -2.25. The van der Waals surface area contributed by atoms with Crippen molar-refractivity contribution in [2.24, 2.45) is 11.7 Å². The Balaban J connectivity index is 2.11. The molecule has 1 aliphatic carbocycles. The van der Waals surface area contributed by atoms with Crippen molar-refractivity contribution in [3.63, 3.8) is 0 Å². The maximum atomic E-state index is 14.0. The third-order valence-electron chi connectivity index (χ3n) is 3.79. The molecule has 0 aliphatic heterocycles. The maximum Gasteiger partial charge on any atom is 0.191 e. The first-order valence-corrected chi connectivity index (χ1v) is 7.36. The van der Waals surface area contributed by atoms with Gasteiger partial charge in [0.15, 0.2) is 17.4 Å². The van der Waals surface area contributed by atoms with E-state index in [2.05, 4.69) is 6.92 Å². The van der Waals surface area contributed by atoms with Crippen LogP contribution >= 0.6 is 0 Å². The fourth-order valence-corrected chi connectivity index (χ4v) is 2.87. The van der Waals surface area contributed by atoms with E-state index in [-0.39, 0.29) is 17.9 Å². The second-order valence-corrected chi connectivity index (χ2v) is 6.08. The van der Waals surface area contributed by atoms with E-state index in [9.17, 15) is 8.78 Å². The molecule has 20 heavy (non-hydrogen) atoms. The van der Waals surface area contributed by atoms with Gasteiger partial charge in [0.2, 0.25) is 0 Å². The van der Waals surface area contributed by atoms with Crippen LogP contribution in [0.25, 0.3) is 0 Å². The highest BCUT2D eigenvalue weighted by Crippen LogP contribution is 2.30. The smallest absolute Gasteiger partial charge is 0.191 e. The molecular weight excluding hydrogens is 260 g/mol. The van der Waals surface area contributed by atoms with Gasteiger partial charge in [0.25, 0.3) is 0 Å². The fraction of sp³-hybridized carbons (Fsp3) is 0.625. The fourth-order valence-electron chi connectivity index (χ4n) is 2.87. The third-order valence-corrected chi connectivity index (χ3v) is 3.79. The highest BCUT2D eigenvalue weighted by atomic mass is 19.1. The minimum absolute atomic E-state index is 0.0815. The maximum absolute atomic E-state index is 14.0. The van der Waals surface area contributed by atoms with Gasteiger partial charge < -0.3 is 10.5 Å². The van der Waals surface area contributed by atoms with E-state index in [1.165, 1.54) is 12.1 Å². The van der Waals surface area contributed by atoms with Crippen molar-refractivity contribution in [1.29, 1.82) is 0 Å². The lowest BCUT2D eigenvalue weighted by atomic mass is 9.89. The molecule has 3 atom stereocenters. The minimum Gasteiger partial charge on any atom is -0.484 e. The molecule has 3 unspecified atom stereocenters. The first kappa shape index (κ1) is 15.2. The first-order valence-electron chi connectivity index (χ1n) is 7.36. The summed E-state index contributed by atoms with van der Waals surface area (Å²) in [5.41, 5.74) is 6.22. The molecule has 0 amide bonds. The molecule has 0 aromatic heterocycles. The van der Waals surface area contributed by atoms with Gasteiger partial charge >= 0.3 is 0 Å². The zero-order valence-corrected chi connectivity index (χ0v) is 12.2. The van der Waals surface area contributed by atoms with Crippen molar-refractivity contribution in [3.8, 4) is 5.75 Å². The van der Waals surface area contributed by atoms with E-state index in [0.717, 1.165) is 25.7 Å². The number of halogens is 2. The average molecular weight is 283 g/mol. The average Bonchev–Trinajstić information content (AvgIpc) is 2.33. The van der Waals surface area contributed by atoms with Crippen molar-refractivity contribution >= 4 is 0 Å². The minimum atomic E-state index is -0.626. The van der Waals surface area contributed by atoms with E-state index in [1.807, 2.05) is 6.92 Å². The van der Waals surface area contributed by atoms with E-state index in [0.29, 0.717) is 17.9 Å². The lowest BCUT2D eigenvalue weighted by molar-refractivity contribution is 0.118. The van der Waals surface area contributed by atoms with E-state index in [4.69, 9.17) is 10.5 Å². The van der Waals surface area contributed by atoms with Crippen LogP contribution in [0.15, 0.2) is 12.1 Å². The quantitative estimate of drug-likeness (QED) is 0.912. The van der Waals surface area contributed by atoms with Gasteiger partial charge in [-0.25, -0.2) is 8.78 Å². The summed E-state index contributed by atoms with van der Waals surface area (Å²) in [5.74, 6) is -0.937. The predicted octanol–water partition coefficient (Wildman–Crippen LogP) is 3.81. The van der Waals surface area contributed by atoms with Crippen LogP contribution in [0.1, 0.15) is 45.1 Å². The summed E-state index contributed by atoms with van der Waals surface area (Å²) >= 11 is 0. The third kappa shape index (κ3) is 3.92. The normalized spacial score (nSPS) is 24.4. The van der Waals surface area contributed by atoms with Gasteiger partial charge in [-0.1, -0.05) is 13.3 Å². The van der Waals surface area contributed by atoms with Gasteiger partial charge in [-0.05, 0) is 56.2 Å². The van der Waals surface area contributed by atoms with E-state index in [1.54, 1.807) is 0 Å². The van der Waals surface area contributed by atoms with Crippen LogP contribution in [0.3, 0.4) is 0 Å². The number of ether oxygens (including phenoxy) is 1. The van der Waals surface area contributed by atoms with Gasteiger partial charge in [-0.15, -0.1) is 0 Å². The highest BCUT2D eigenvalue weighted by Gasteiger charge is 2.23. The molecule has 1 saturated carbocycles. The Morgan fingerprint density at radius 2 is 1.95 bits per heavy atom. The Labute approximate surface area is 119 Å². The molecule has 112 valence electrons. The molecule has 0 bridgehead atoms. The summed E-state index contributed by atoms with van der Waals surface area (Å²) in [6, 6.07) is 2.53. The van der Waals surface area contributed by atoms with Gasteiger partial charge in [0, 0.05) is 6.04 Å². The van der Waals surface area contributed by atoms with Crippen LogP contribution in [-0.2, 0) is 6.42 Å². The number of nitrogens with two attached hydrogens (primary N) is 1. The summed E-state index contributed by atoms with van der Waals surface area (Å²) in [5, 5.41) is 0. The van der Waals surface area contributed by atoms with Crippen LogP contribution in [0.4, 0.5) is 8.78 Å². The standard InChI is InChI=1S/C16H23F2NO/c1-10-4-3-5-13(6-10)20-16-14(17)8-12(7-11(2)19)9-15(16)18/h8-11,13H,3-7,19H2,1-2H3. The number of rotatable bonds is 4. The molecule has 1 aliphatic rings. The Kier molecular flexibility index (Phi) is 4.97. The summed E-state index contributed by atoms with van der Waals surface area (Å²) < 4.78 is 33.6. The molecule has 0 radical (unpaired) electrons. The summed E-state index contributed by atoms with van der Waals surface area (Å²) in [6.07, 6.45) is 4.32. The molecule has 2 nitrogen and oxygen atoms in total. The Morgan fingerprint density at radius 3 is 2.50 bits per heavy atom. The number of hydrogen-bond donors (Lipinski definition) is 1. The van der Waals surface area contributed by atoms with Gasteiger partial charge in [-0.3, -0.25) is 0 Å². The predicted molar refractivity (Wildman–Crippen MR) is 75.8 cm³/mol. The monoisotopic (exact) mass is 283 g/mol. The topological polar surface area (TPSA) is 35.2 Å². The molecule has 2 rings (SSSR count).